The minimum absolute atomic E-state index is 0.165. The maximum Gasteiger partial charge on any atom is 0.256 e. The molecule has 22 heavy (non-hydrogen) atoms. The summed E-state index contributed by atoms with van der Waals surface area (Å²) in [7, 11) is 0. The lowest BCUT2D eigenvalue weighted by atomic mass is 9.98. The zero-order chi connectivity index (χ0) is 15.3. The molecule has 1 aliphatic rings. The Hall–Kier alpha value is -2.50. The van der Waals surface area contributed by atoms with Crippen LogP contribution in [0.15, 0.2) is 35.4 Å². The van der Waals surface area contributed by atoms with Crippen molar-refractivity contribution in [2.24, 2.45) is 0 Å². The number of aromatic amines is 1. The smallest absolute Gasteiger partial charge is 0.256 e. The van der Waals surface area contributed by atoms with Crippen LogP contribution in [0.5, 0.6) is 0 Å². The summed E-state index contributed by atoms with van der Waals surface area (Å²) in [5.74, 6) is 0. The first kappa shape index (κ1) is 13.2. The summed E-state index contributed by atoms with van der Waals surface area (Å²) in [5.41, 5.74) is 4.97. The zero-order valence-corrected chi connectivity index (χ0v) is 11.8. The quantitative estimate of drug-likeness (QED) is 0.522. The van der Waals surface area contributed by atoms with Gasteiger partial charge >= 0.3 is 0 Å². The molecule has 3 N–H and O–H groups in total. The highest BCUT2D eigenvalue weighted by Gasteiger charge is 2.23. The first-order valence-electron chi connectivity index (χ1n) is 7.08. The lowest BCUT2D eigenvalue weighted by molar-refractivity contribution is 0.260. The number of aliphatic hydroxyl groups excluding tert-OH is 2. The molecule has 110 valence electrons. The number of hydrogen-bond acceptors (Lipinski definition) is 4. The lowest BCUT2D eigenvalue weighted by Crippen LogP contribution is -2.10. The fraction of sp³-hybridized carbons (Fsp3) is 0.176. The Labute approximate surface area is 125 Å². The summed E-state index contributed by atoms with van der Waals surface area (Å²) in [5, 5.41) is 20.3. The molecule has 1 aromatic carbocycles. The van der Waals surface area contributed by atoms with Crippen molar-refractivity contribution in [3.05, 3.63) is 63.2 Å². The van der Waals surface area contributed by atoms with E-state index in [2.05, 4.69) is 9.97 Å². The van der Waals surface area contributed by atoms with Gasteiger partial charge in [-0.3, -0.25) is 9.78 Å². The van der Waals surface area contributed by atoms with Gasteiger partial charge in [-0.2, -0.15) is 0 Å². The molecule has 0 aliphatic heterocycles. The molecule has 0 fully saturated rings. The van der Waals surface area contributed by atoms with Crippen molar-refractivity contribution in [2.75, 3.05) is 0 Å². The number of H-pyrrole nitrogens is 1. The summed E-state index contributed by atoms with van der Waals surface area (Å²) < 4.78 is 0. The third-order valence-corrected chi connectivity index (χ3v) is 4.34. The van der Waals surface area contributed by atoms with Gasteiger partial charge in [-0.25, -0.2) is 0 Å². The summed E-state index contributed by atoms with van der Waals surface area (Å²) >= 11 is 0. The van der Waals surface area contributed by atoms with Crippen LogP contribution in [-0.2, 0) is 19.6 Å². The predicted octanol–water partition coefficient (Wildman–Crippen LogP) is 1.48. The van der Waals surface area contributed by atoms with Gasteiger partial charge in [0.1, 0.15) is 0 Å². The molecular weight excluding hydrogens is 280 g/mol. The van der Waals surface area contributed by atoms with Gasteiger partial charge in [0.05, 0.1) is 18.9 Å². The largest absolute Gasteiger partial charge is 0.392 e. The predicted molar refractivity (Wildman–Crippen MR) is 82.5 cm³/mol. The monoisotopic (exact) mass is 294 g/mol. The lowest BCUT2D eigenvalue weighted by Gasteiger charge is -2.10. The van der Waals surface area contributed by atoms with E-state index in [1.54, 1.807) is 18.5 Å². The number of nitrogens with one attached hydrogen (secondary N) is 1. The maximum absolute atomic E-state index is 12.4. The molecule has 0 unspecified atom stereocenters. The molecule has 2 heterocycles. The van der Waals surface area contributed by atoms with Crippen molar-refractivity contribution in [3.63, 3.8) is 0 Å². The minimum Gasteiger partial charge on any atom is -0.392 e. The van der Waals surface area contributed by atoms with E-state index in [0.29, 0.717) is 16.5 Å². The Bertz CT molecular complexity index is 960. The van der Waals surface area contributed by atoms with Crippen LogP contribution in [-0.4, -0.2) is 20.2 Å². The second-order valence-electron chi connectivity index (χ2n) is 5.50. The normalized spacial score (nSPS) is 12.5. The van der Waals surface area contributed by atoms with E-state index in [1.165, 1.54) is 0 Å². The molecule has 3 aromatic rings. The fourth-order valence-electron chi connectivity index (χ4n) is 3.22. The maximum atomic E-state index is 12.4. The van der Waals surface area contributed by atoms with Crippen molar-refractivity contribution in [3.8, 4) is 11.3 Å². The molecule has 0 saturated carbocycles. The highest BCUT2D eigenvalue weighted by Crippen LogP contribution is 2.37. The van der Waals surface area contributed by atoms with Gasteiger partial charge in [-0.1, -0.05) is 0 Å². The van der Waals surface area contributed by atoms with Crippen LogP contribution in [0, 0.1) is 0 Å². The number of hydrogen-bond donors (Lipinski definition) is 3. The van der Waals surface area contributed by atoms with E-state index >= 15 is 0 Å². The topological polar surface area (TPSA) is 86.2 Å². The Morgan fingerprint density at radius 1 is 1.14 bits per heavy atom. The highest BCUT2D eigenvalue weighted by atomic mass is 16.3. The summed E-state index contributed by atoms with van der Waals surface area (Å²) in [6, 6.07) is 5.43. The third kappa shape index (κ3) is 1.73. The van der Waals surface area contributed by atoms with E-state index in [4.69, 9.17) is 0 Å². The molecule has 0 atom stereocenters. The second-order valence-corrected chi connectivity index (χ2v) is 5.50. The number of rotatable bonds is 2. The average molecular weight is 294 g/mol. The van der Waals surface area contributed by atoms with Gasteiger partial charge < -0.3 is 15.2 Å². The van der Waals surface area contributed by atoms with E-state index in [-0.39, 0.29) is 18.8 Å². The number of pyridine rings is 2. The fourth-order valence-corrected chi connectivity index (χ4v) is 3.22. The second kappa shape index (κ2) is 4.76. The van der Waals surface area contributed by atoms with E-state index < -0.39 is 0 Å². The number of aliphatic hydroxyl groups is 2. The van der Waals surface area contributed by atoms with Gasteiger partial charge in [0.25, 0.3) is 5.56 Å². The molecule has 0 spiro atoms. The van der Waals surface area contributed by atoms with E-state index in [9.17, 15) is 15.0 Å². The Morgan fingerprint density at radius 2 is 1.86 bits per heavy atom. The minimum atomic E-state index is -0.202. The van der Waals surface area contributed by atoms with Gasteiger partial charge in [0, 0.05) is 29.8 Å². The van der Waals surface area contributed by atoms with Crippen LogP contribution in [0.4, 0.5) is 0 Å². The Kier molecular flexibility index (Phi) is 2.85. The molecule has 0 radical (unpaired) electrons. The van der Waals surface area contributed by atoms with Gasteiger partial charge in [0.2, 0.25) is 0 Å². The van der Waals surface area contributed by atoms with Crippen LogP contribution in [0.3, 0.4) is 0 Å². The Morgan fingerprint density at radius 3 is 2.59 bits per heavy atom. The zero-order valence-electron chi connectivity index (χ0n) is 11.8. The van der Waals surface area contributed by atoms with Crippen molar-refractivity contribution in [1.82, 2.24) is 9.97 Å². The molecule has 2 aromatic heterocycles. The number of fused-ring (bicyclic) bond motifs is 5. The summed E-state index contributed by atoms with van der Waals surface area (Å²) in [6.07, 6.45) is 4.23. The van der Waals surface area contributed by atoms with Crippen LogP contribution >= 0.6 is 0 Å². The van der Waals surface area contributed by atoms with Crippen LogP contribution in [0.1, 0.15) is 22.3 Å². The third-order valence-electron chi connectivity index (χ3n) is 4.34. The first-order chi connectivity index (χ1) is 10.7. The van der Waals surface area contributed by atoms with Crippen LogP contribution in [0.2, 0.25) is 0 Å². The van der Waals surface area contributed by atoms with Gasteiger partial charge in [-0.15, -0.1) is 0 Å². The van der Waals surface area contributed by atoms with Gasteiger partial charge in [-0.05, 0) is 45.8 Å². The molecule has 4 rings (SSSR count). The first-order valence-corrected chi connectivity index (χ1v) is 7.08. The van der Waals surface area contributed by atoms with E-state index in [0.717, 1.165) is 34.2 Å². The summed E-state index contributed by atoms with van der Waals surface area (Å²) in [6.45, 7) is -0.367. The molecule has 0 bridgehead atoms. The van der Waals surface area contributed by atoms with Crippen molar-refractivity contribution < 1.29 is 10.2 Å². The molecule has 5 nitrogen and oxygen atoms in total. The Balaban J connectivity index is 2.09. The number of nitrogens with zero attached hydrogens (tertiary/aromatic N) is 1. The molecule has 0 saturated heterocycles. The average Bonchev–Trinajstić information content (AvgIpc) is 2.92. The molecule has 5 heteroatoms. The number of aromatic nitrogens is 2. The summed E-state index contributed by atoms with van der Waals surface area (Å²) in [4.78, 5) is 19.5. The number of benzene rings is 1. The van der Waals surface area contributed by atoms with E-state index in [1.807, 2.05) is 12.1 Å². The standard InChI is InChI=1S/C17H14N2O3/c20-7-10-4-12-13-3-9-1-2-18-6-15(9)16(13)19-17(22)14(12)5-11(10)8-21/h1-2,4-6,20-21H,3,7-8H2,(H,19,22). The van der Waals surface area contributed by atoms with Crippen molar-refractivity contribution in [2.45, 2.75) is 19.6 Å². The highest BCUT2D eigenvalue weighted by molar-refractivity contribution is 5.93. The van der Waals surface area contributed by atoms with Crippen LogP contribution < -0.4 is 5.56 Å². The van der Waals surface area contributed by atoms with Crippen LogP contribution in [0.25, 0.3) is 22.0 Å². The molecular formula is C17H14N2O3. The SMILES string of the molecule is O=c1[nH]c2c(c3cc(CO)c(CO)cc13)Cc1ccncc1-2. The van der Waals surface area contributed by atoms with Crippen molar-refractivity contribution in [1.29, 1.82) is 0 Å². The molecule has 0 amide bonds. The van der Waals surface area contributed by atoms with Gasteiger partial charge in [0.15, 0.2) is 0 Å². The van der Waals surface area contributed by atoms with Crippen molar-refractivity contribution >= 4 is 10.8 Å². The molecule has 1 aliphatic carbocycles.